The van der Waals surface area contributed by atoms with Gasteiger partial charge in [-0.1, -0.05) is 103 Å². The second-order valence-electron chi connectivity index (χ2n) is 14.9. The predicted molar refractivity (Wildman–Crippen MR) is 235 cm³/mol. The minimum atomic E-state index is -1.56. The molecule has 8 bridgehead atoms. The van der Waals surface area contributed by atoms with Gasteiger partial charge in [-0.15, -0.1) is 0 Å². The molecule has 7 aromatic rings. The molecule has 6 heterocycles. The zero-order valence-corrected chi connectivity index (χ0v) is 32.2. The maximum atomic E-state index is 10.6. The van der Waals surface area contributed by atoms with Crippen LogP contribution < -0.4 is 4.74 Å². The fourth-order valence-electron chi connectivity index (χ4n) is 8.23. The van der Waals surface area contributed by atoms with Crippen LogP contribution in [0, 0.1) is 0 Å². The van der Waals surface area contributed by atoms with Crippen LogP contribution >= 0.6 is 0 Å². The molecule has 10 rings (SSSR count). The highest BCUT2D eigenvalue weighted by Crippen LogP contribution is 2.39. The van der Waals surface area contributed by atoms with Gasteiger partial charge >= 0.3 is 0 Å². The van der Waals surface area contributed by atoms with E-state index in [0.29, 0.717) is 17.1 Å². The Hall–Kier alpha value is -6.92. The molecule has 3 aliphatic heterocycles. The summed E-state index contributed by atoms with van der Waals surface area (Å²) in [4.78, 5) is 18.2. The summed E-state index contributed by atoms with van der Waals surface area (Å²) in [6, 6.07) is 46.6. The minimum Gasteiger partial charge on any atom is -0.462 e. The first-order valence-corrected chi connectivity index (χ1v) is 19.8. The number of hydrogen-bond acceptors (Lipinski definition) is 8. The third kappa shape index (κ3) is 6.82. The number of aliphatic hydroxyl groups is 4. The average Bonchev–Trinajstić information content (AvgIpc) is 4.14. The largest absolute Gasteiger partial charge is 0.462 e. The zero-order valence-electron chi connectivity index (χ0n) is 32.2. The average molecular weight is 793 g/mol. The Morgan fingerprint density at radius 1 is 0.450 bits per heavy atom. The fraction of sp³-hybridized carbons (Fsp3) is 0.120. The van der Waals surface area contributed by atoms with Crippen molar-refractivity contribution >= 4 is 46.4 Å². The summed E-state index contributed by atoms with van der Waals surface area (Å²) in [5.41, 5.74) is 14.3. The van der Waals surface area contributed by atoms with Gasteiger partial charge in [0, 0.05) is 44.3 Å². The normalized spacial score (nSPS) is 19.7. The quantitative estimate of drug-likeness (QED) is 0.0939. The first kappa shape index (κ1) is 37.4. The van der Waals surface area contributed by atoms with E-state index in [1.807, 2.05) is 78.9 Å². The number of hydrogen-bond donors (Lipinski definition) is 6. The summed E-state index contributed by atoms with van der Waals surface area (Å²) in [6.45, 7) is -0.554. The molecule has 6 N–H and O–H groups in total. The van der Waals surface area contributed by atoms with E-state index in [4.69, 9.17) is 19.4 Å². The van der Waals surface area contributed by atoms with Crippen molar-refractivity contribution in [1.29, 1.82) is 0 Å². The van der Waals surface area contributed by atoms with Gasteiger partial charge in [0.05, 0.1) is 29.4 Å². The van der Waals surface area contributed by atoms with Crippen LogP contribution in [0.1, 0.15) is 22.8 Å². The third-order valence-corrected chi connectivity index (χ3v) is 11.2. The lowest BCUT2D eigenvalue weighted by Gasteiger charge is -2.39. The lowest BCUT2D eigenvalue weighted by molar-refractivity contribution is -0.277. The summed E-state index contributed by atoms with van der Waals surface area (Å²) in [7, 11) is 0. The van der Waals surface area contributed by atoms with Crippen molar-refractivity contribution in [2.24, 2.45) is 0 Å². The van der Waals surface area contributed by atoms with Gasteiger partial charge in [0.25, 0.3) is 0 Å². The van der Waals surface area contributed by atoms with Crippen LogP contribution in [0.3, 0.4) is 0 Å². The van der Waals surface area contributed by atoms with E-state index in [9.17, 15) is 20.4 Å². The summed E-state index contributed by atoms with van der Waals surface area (Å²) in [5, 5.41) is 40.9. The van der Waals surface area contributed by atoms with Gasteiger partial charge in [0.15, 0.2) is 0 Å². The number of fused-ring (bicyclic) bond motifs is 8. The predicted octanol–water partition coefficient (Wildman–Crippen LogP) is 8.50. The number of aliphatic hydroxyl groups excluding tert-OH is 4. The Kier molecular flexibility index (Phi) is 9.77. The topological polar surface area (TPSA) is 157 Å². The van der Waals surface area contributed by atoms with Crippen molar-refractivity contribution in [2.75, 3.05) is 6.61 Å². The summed E-state index contributed by atoms with van der Waals surface area (Å²) >= 11 is 0. The van der Waals surface area contributed by atoms with Gasteiger partial charge in [-0.05, 0) is 83.0 Å². The number of rotatable bonds is 7. The van der Waals surface area contributed by atoms with Gasteiger partial charge in [0.2, 0.25) is 6.29 Å². The number of aromatic nitrogens is 4. The summed E-state index contributed by atoms with van der Waals surface area (Å²) in [6.07, 6.45) is 1.12. The van der Waals surface area contributed by atoms with E-state index in [1.165, 1.54) is 0 Å². The second-order valence-corrected chi connectivity index (χ2v) is 14.9. The molecule has 4 aromatic carbocycles. The summed E-state index contributed by atoms with van der Waals surface area (Å²) < 4.78 is 11.6. The van der Waals surface area contributed by atoms with Crippen LogP contribution in [0.2, 0.25) is 0 Å². The number of ether oxygens (including phenoxy) is 2. The fourth-order valence-corrected chi connectivity index (χ4v) is 8.23. The van der Waals surface area contributed by atoms with E-state index >= 15 is 0 Å². The molecule has 0 saturated carbocycles. The third-order valence-electron chi connectivity index (χ3n) is 11.2. The van der Waals surface area contributed by atoms with Crippen molar-refractivity contribution in [3.05, 3.63) is 162 Å². The van der Waals surface area contributed by atoms with Crippen molar-refractivity contribution in [3.8, 4) is 50.3 Å². The molecule has 0 aliphatic carbocycles. The van der Waals surface area contributed by atoms with Crippen molar-refractivity contribution < 1.29 is 29.9 Å². The first-order valence-electron chi connectivity index (χ1n) is 19.8. The molecule has 0 spiro atoms. The van der Waals surface area contributed by atoms with Crippen LogP contribution in [-0.4, -0.2) is 77.7 Å². The molecule has 5 atom stereocenters. The Balaban J connectivity index is 1.23. The van der Waals surface area contributed by atoms with E-state index in [-0.39, 0.29) is 0 Å². The number of benzene rings is 4. The molecule has 10 nitrogen and oxygen atoms in total. The van der Waals surface area contributed by atoms with Gasteiger partial charge in [-0.25, -0.2) is 9.97 Å². The lowest BCUT2D eigenvalue weighted by atomic mass is 9.99. The Morgan fingerprint density at radius 3 is 1.30 bits per heavy atom. The molecule has 0 unspecified atom stereocenters. The Bertz CT molecular complexity index is 2790. The van der Waals surface area contributed by atoms with Crippen LogP contribution in [0.15, 0.2) is 140 Å². The highest BCUT2D eigenvalue weighted by molar-refractivity contribution is 6.00. The highest BCUT2D eigenvalue weighted by atomic mass is 16.7. The number of H-pyrrole nitrogens is 2. The van der Waals surface area contributed by atoms with E-state index in [2.05, 4.69) is 82.8 Å². The van der Waals surface area contributed by atoms with Gasteiger partial charge in [-0.3, -0.25) is 0 Å². The van der Waals surface area contributed by atoms with Gasteiger partial charge < -0.3 is 39.9 Å². The molecule has 3 aromatic heterocycles. The molecular formula is C50H40N4O6. The Labute approximate surface area is 345 Å². The summed E-state index contributed by atoms with van der Waals surface area (Å²) in [5.74, 6) is 0.348. The van der Waals surface area contributed by atoms with E-state index < -0.39 is 37.3 Å². The van der Waals surface area contributed by atoms with Gasteiger partial charge in [-0.2, -0.15) is 0 Å². The van der Waals surface area contributed by atoms with Crippen LogP contribution in [0.5, 0.6) is 5.75 Å². The molecule has 3 aliphatic rings. The number of nitrogens with one attached hydrogen (secondary N) is 2. The SMILES string of the molecule is OC[C@H]1O[C@@H](Oc2ccc(-c3c4nc(c(-c5ccccc5)c5ccc([nH]5)c(-c5ccccc5)c5ccc([nH]5)c(-c5ccccc5)c5nc3C=C5)C=C4)cc2)[C@H](O)[C@@H](O)[C@H]1O. The first-order chi connectivity index (χ1) is 29.4. The molecule has 60 heavy (non-hydrogen) atoms. The second kappa shape index (κ2) is 15.7. The maximum Gasteiger partial charge on any atom is 0.229 e. The number of nitrogens with zero attached hydrogens (tertiary/aromatic N) is 2. The van der Waals surface area contributed by atoms with Crippen LogP contribution in [0.25, 0.3) is 90.9 Å². The molecule has 10 heteroatoms. The number of aromatic amines is 2. The minimum absolute atomic E-state index is 0.348. The Morgan fingerprint density at radius 2 is 0.850 bits per heavy atom. The molecular weight excluding hydrogens is 753 g/mol. The molecule has 0 amide bonds. The van der Waals surface area contributed by atoms with Crippen LogP contribution in [0.4, 0.5) is 0 Å². The van der Waals surface area contributed by atoms with E-state index in [1.54, 1.807) is 12.1 Å². The van der Waals surface area contributed by atoms with Crippen molar-refractivity contribution in [2.45, 2.75) is 30.7 Å². The molecule has 0 radical (unpaired) electrons. The van der Waals surface area contributed by atoms with Gasteiger partial charge in [0.1, 0.15) is 30.2 Å². The lowest BCUT2D eigenvalue weighted by Crippen LogP contribution is -2.60. The van der Waals surface area contributed by atoms with Crippen LogP contribution in [-0.2, 0) is 4.74 Å². The highest BCUT2D eigenvalue weighted by Gasteiger charge is 2.44. The van der Waals surface area contributed by atoms with E-state index in [0.717, 1.165) is 78.0 Å². The molecule has 1 fully saturated rings. The van der Waals surface area contributed by atoms with Crippen molar-refractivity contribution in [1.82, 2.24) is 19.9 Å². The molecule has 296 valence electrons. The maximum absolute atomic E-state index is 10.6. The smallest absolute Gasteiger partial charge is 0.229 e. The standard InChI is InChI=1S/C50H40N4O6/c55-28-42-47(56)48(57)49(58)50(60-42)59-33-18-16-32(17-19-33)46-40-26-24-38(53-40)44(30-12-6-2-7-13-30)36-22-20-34(51-36)43(29-10-4-1-5-11-29)35-21-23-37(52-35)45(31-14-8-3-9-15-31)39-25-27-41(46)54-39/h1-27,42,47-52,55-58H,28H2/t42-,47+,48+,49-,50-/m1/s1. The zero-order chi connectivity index (χ0) is 40.7. The molecule has 1 saturated heterocycles. The monoisotopic (exact) mass is 792 g/mol. The van der Waals surface area contributed by atoms with Crippen molar-refractivity contribution in [3.63, 3.8) is 0 Å².